The number of esters is 1. The van der Waals surface area contributed by atoms with Gasteiger partial charge in [0.15, 0.2) is 0 Å². The van der Waals surface area contributed by atoms with E-state index in [2.05, 4.69) is 9.97 Å². The van der Waals surface area contributed by atoms with E-state index in [-0.39, 0.29) is 18.1 Å². The lowest BCUT2D eigenvalue weighted by molar-refractivity contribution is -0.142. The number of aromatic nitrogens is 3. The van der Waals surface area contributed by atoms with Crippen molar-refractivity contribution in [2.24, 2.45) is 0 Å². The monoisotopic (exact) mass is 273 g/mol. The number of carbonyl (C=O) groups excluding carboxylic acids is 1. The van der Waals surface area contributed by atoms with Gasteiger partial charge in [0.2, 0.25) is 0 Å². The molecule has 0 spiro atoms. The van der Waals surface area contributed by atoms with Gasteiger partial charge in [-0.3, -0.25) is 14.3 Å². The Hall–Kier alpha value is -2.50. The molecule has 0 aliphatic carbocycles. The van der Waals surface area contributed by atoms with E-state index in [1.807, 2.05) is 0 Å². The van der Waals surface area contributed by atoms with Gasteiger partial charge in [-0.2, -0.15) is 0 Å². The van der Waals surface area contributed by atoms with Crippen molar-refractivity contribution < 1.29 is 9.53 Å². The molecule has 0 N–H and O–H groups in total. The summed E-state index contributed by atoms with van der Waals surface area (Å²) in [5.41, 5.74) is 1.20. The van der Waals surface area contributed by atoms with Gasteiger partial charge in [0.25, 0.3) is 0 Å². The highest BCUT2D eigenvalue weighted by Gasteiger charge is 2.05. The molecule has 2 aromatic rings. The first-order valence-electron chi connectivity index (χ1n) is 6.30. The normalized spacial score (nSPS) is 10.2. The molecule has 6 nitrogen and oxygen atoms in total. The number of hydrogen-bond donors (Lipinski definition) is 0. The van der Waals surface area contributed by atoms with E-state index in [9.17, 15) is 9.59 Å². The van der Waals surface area contributed by atoms with Gasteiger partial charge in [-0.15, -0.1) is 0 Å². The van der Waals surface area contributed by atoms with Gasteiger partial charge in [-0.05, 0) is 24.6 Å². The molecule has 6 heteroatoms. The zero-order valence-electron chi connectivity index (χ0n) is 11.2. The standard InChI is InChI=1S/C14H15N3O3/c1-2-20-13(18)8-11-4-5-12(16-9-11)10-17-7-3-6-15-14(17)19/h3-7,9H,2,8,10H2,1H3. The van der Waals surface area contributed by atoms with Crippen LogP contribution in [0.25, 0.3) is 0 Å². The Bertz CT molecular complexity index is 635. The maximum atomic E-state index is 11.5. The summed E-state index contributed by atoms with van der Waals surface area (Å²) in [7, 11) is 0. The van der Waals surface area contributed by atoms with Crippen molar-refractivity contribution in [2.75, 3.05) is 6.61 Å². The summed E-state index contributed by atoms with van der Waals surface area (Å²) in [6.45, 7) is 2.49. The number of rotatable bonds is 5. The number of pyridine rings is 1. The van der Waals surface area contributed by atoms with E-state index in [0.29, 0.717) is 13.2 Å². The average molecular weight is 273 g/mol. The van der Waals surface area contributed by atoms with Gasteiger partial charge in [0.1, 0.15) is 0 Å². The first-order valence-corrected chi connectivity index (χ1v) is 6.30. The molecule has 2 heterocycles. The molecule has 0 aliphatic heterocycles. The lowest BCUT2D eigenvalue weighted by atomic mass is 10.2. The number of nitrogens with zero attached hydrogens (tertiary/aromatic N) is 3. The molecule has 0 fully saturated rings. The third-order valence-corrected chi connectivity index (χ3v) is 2.65. The summed E-state index contributed by atoms with van der Waals surface area (Å²) in [4.78, 5) is 30.7. The third kappa shape index (κ3) is 3.74. The molecular formula is C14H15N3O3. The molecule has 0 bridgehead atoms. The minimum absolute atomic E-state index is 0.202. The molecule has 0 unspecified atom stereocenters. The predicted octanol–water partition coefficient (Wildman–Crippen LogP) is 0.792. The fraction of sp³-hybridized carbons (Fsp3) is 0.286. The van der Waals surface area contributed by atoms with Crippen molar-refractivity contribution in [3.63, 3.8) is 0 Å². The third-order valence-electron chi connectivity index (χ3n) is 2.65. The number of ether oxygens (including phenoxy) is 1. The lowest BCUT2D eigenvalue weighted by Gasteiger charge is -2.05. The molecule has 20 heavy (non-hydrogen) atoms. The molecule has 0 aliphatic rings. The molecule has 2 rings (SSSR count). The van der Waals surface area contributed by atoms with Crippen molar-refractivity contribution in [2.45, 2.75) is 19.9 Å². The summed E-state index contributed by atoms with van der Waals surface area (Å²) in [5.74, 6) is -0.273. The summed E-state index contributed by atoms with van der Waals surface area (Å²) < 4.78 is 6.33. The maximum absolute atomic E-state index is 11.5. The second-order valence-corrected chi connectivity index (χ2v) is 4.17. The van der Waals surface area contributed by atoms with Crippen molar-refractivity contribution in [1.29, 1.82) is 0 Å². The summed E-state index contributed by atoms with van der Waals surface area (Å²) in [6, 6.07) is 5.28. The van der Waals surface area contributed by atoms with E-state index in [4.69, 9.17) is 4.74 Å². The molecular weight excluding hydrogens is 258 g/mol. The van der Waals surface area contributed by atoms with Gasteiger partial charge < -0.3 is 4.74 Å². The average Bonchev–Trinajstić information content (AvgIpc) is 2.44. The van der Waals surface area contributed by atoms with Crippen molar-refractivity contribution in [1.82, 2.24) is 14.5 Å². The first kappa shape index (κ1) is 13.9. The highest BCUT2D eigenvalue weighted by molar-refractivity contribution is 5.72. The van der Waals surface area contributed by atoms with Crippen LogP contribution >= 0.6 is 0 Å². The topological polar surface area (TPSA) is 74.1 Å². The van der Waals surface area contributed by atoms with Crippen LogP contribution in [-0.4, -0.2) is 27.1 Å². The Labute approximate surface area is 116 Å². The predicted molar refractivity (Wildman–Crippen MR) is 72.2 cm³/mol. The Kier molecular flexibility index (Phi) is 4.60. The lowest BCUT2D eigenvalue weighted by Crippen LogP contribution is -2.22. The van der Waals surface area contributed by atoms with Crippen LogP contribution in [0.15, 0.2) is 41.6 Å². The summed E-state index contributed by atoms with van der Waals surface area (Å²) >= 11 is 0. The van der Waals surface area contributed by atoms with Crippen LogP contribution in [0.3, 0.4) is 0 Å². The van der Waals surface area contributed by atoms with Crippen LogP contribution in [0.1, 0.15) is 18.2 Å². The van der Waals surface area contributed by atoms with Gasteiger partial charge in [0.05, 0.1) is 25.3 Å². The largest absolute Gasteiger partial charge is 0.466 e. The van der Waals surface area contributed by atoms with E-state index in [1.165, 1.54) is 10.8 Å². The van der Waals surface area contributed by atoms with Crippen LogP contribution in [0.2, 0.25) is 0 Å². The Morgan fingerprint density at radius 1 is 1.35 bits per heavy atom. The molecule has 0 atom stereocenters. The highest BCUT2D eigenvalue weighted by Crippen LogP contribution is 2.03. The van der Waals surface area contributed by atoms with Gasteiger partial charge in [-0.25, -0.2) is 9.78 Å². The van der Waals surface area contributed by atoms with Crippen LogP contribution in [0.5, 0.6) is 0 Å². The van der Waals surface area contributed by atoms with Crippen LogP contribution in [0, 0.1) is 0 Å². The van der Waals surface area contributed by atoms with Crippen molar-refractivity contribution in [3.05, 3.63) is 58.5 Å². The second kappa shape index (κ2) is 6.60. The smallest absolute Gasteiger partial charge is 0.347 e. The Morgan fingerprint density at radius 3 is 2.85 bits per heavy atom. The molecule has 0 saturated carbocycles. The number of hydrogen-bond acceptors (Lipinski definition) is 5. The van der Waals surface area contributed by atoms with E-state index >= 15 is 0 Å². The van der Waals surface area contributed by atoms with E-state index in [1.54, 1.807) is 37.5 Å². The fourth-order valence-corrected chi connectivity index (χ4v) is 1.71. The van der Waals surface area contributed by atoms with Crippen LogP contribution in [0.4, 0.5) is 0 Å². The van der Waals surface area contributed by atoms with E-state index < -0.39 is 0 Å². The van der Waals surface area contributed by atoms with Crippen molar-refractivity contribution >= 4 is 5.97 Å². The fourth-order valence-electron chi connectivity index (χ4n) is 1.71. The minimum Gasteiger partial charge on any atom is -0.466 e. The summed E-state index contributed by atoms with van der Waals surface area (Å²) in [5, 5.41) is 0. The van der Waals surface area contributed by atoms with Crippen LogP contribution < -0.4 is 5.69 Å². The van der Waals surface area contributed by atoms with Gasteiger partial charge >= 0.3 is 11.7 Å². The minimum atomic E-state index is -0.315. The quantitative estimate of drug-likeness (QED) is 0.753. The zero-order chi connectivity index (χ0) is 14.4. The van der Waals surface area contributed by atoms with Crippen LogP contribution in [-0.2, 0) is 22.5 Å². The second-order valence-electron chi connectivity index (χ2n) is 4.17. The molecule has 2 aromatic heterocycles. The molecule has 0 amide bonds. The van der Waals surface area contributed by atoms with Gasteiger partial charge in [-0.1, -0.05) is 6.07 Å². The Balaban J connectivity index is 2.03. The Morgan fingerprint density at radius 2 is 2.20 bits per heavy atom. The molecule has 0 aromatic carbocycles. The highest BCUT2D eigenvalue weighted by atomic mass is 16.5. The number of carbonyl (C=O) groups is 1. The summed E-state index contributed by atoms with van der Waals surface area (Å²) in [6.07, 6.45) is 4.93. The molecule has 0 radical (unpaired) electrons. The van der Waals surface area contributed by atoms with Gasteiger partial charge in [0, 0.05) is 18.6 Å². The molecule has 104 valence electrons. The zero-order valence-corrected chi connectivity index (χ0v) is 11.2. The van der Waals surface area contributed by atoms with Crippen molar-refractivity contribution in [3.8, 4) is 0 Å². The first-order chi connectivity index (χ1) is 9.69. The SMILES string of the molecule is CCOC(=O)Cc1ccc(Cn2cccnc2=O)nc1. The molecule has 0 saturated heterocycles. The van der Waals surface area contributed by atoms with E-state index in [0.717, 1.165) is 11.3 Å². The maximum Gasteiger partial charge on any atom is 0.347 e.